The Kier molecular flexibility index (Phi) is 8.17. The molecule has 5 N–H and O–H groups in total. The first kappa shape index (κ1) is 13.9. The van der Waals surface area contributed by atoms with E-state index in [-0.39, 0.29) is 11.8 Å². The molecule has 5 heteroatoms. The summed E-state index contributed by atoms with van der Waals surface area (Å²) in [5.74, 6) is 1.09. The minimum absolute atomic E-state index is 0.210. The van der Waals surface area contributed by atoms with Crippen LogP contribution in [0.25, 0.3) is 0 Å². The fourth-order valence-electron chi connectivity index (χ4n) is 1.08. The summed E-state index contributed by atoms with van der Waals surface area (Å²) in [6.07, 6.45) is 0.575. The van der Waals surface area contributed by atoms with Crippen LogP contribution in [0.2, 0.25) is 0 Å². The Balaban J connectivity index is 3.76. The van der Waals surface area contributed by atoms with Gasteiger partial charge < -0.3 is 16.8 Å². The Bertz CT molecular complexity index is 162. The highest BCUT2D eigenvalue weighted by atomic mass is 32.2. The molecule has 0 heterocycles. The van der Waals surface area contributed by atoms with Crippen LogP contribution in [0.15, 0.2) is 0 Å². The molecule has 0 amide bonds. The Labute approximate surface area is 90.2 Å². The monoisotopic (exact) mass is 219 g/mol. The second-order valence-electron chi connectivity index (χ2n) is 3.32. The molecule has 0 aromatic rings. The van der Waals surface area contributed by atoms with Crippen molar-refractivity contribution in [3.8, 4) is 0 Å². The lowest BCUT2D eigenvalue weighted by Crippen LogP contribution is -2.33. The van der Waals surface area contributed by atoms with Crippen molar-refractivity contribution in [2.24, 2.45) is 11.5 Å². The molecule has 0 rings (SSSR count). The zero-order chi connectivity index (χ0) is 11.0. The molecule has 4 nitrogen and oxygen atoms in total. The summed E-state index contributed by atoms with van der Waals surface area (Å²) in [7, 11) is 1.87. The van der Waals surface area contributed by atoms with E-state index in [0.29, 0.717) is 24.8 Å². The van der Waals surface area contributed by atoms with Crippen molar-refractivity contribution in [1.29, 1.82) is 0 Å². The first-order valence-electron chi connectivity index (χ1n) is 4.82. The Morgan fingerprint density at radius 2 is 2.00 bits per heavy atom. The zero-order valence-electron chi connectivity index (χ0n) is 8.95. The Morgan fingerprint density at radius 1 is 1.43 bits per heavy atom. The van der Waals surface area contributed by atoms with Crippen molar-refractivity contribution in [2.75, 3.05) is 25.9 Å². The Morgan fingerprint density at radius 3 is 2.36 bits per heavy atom. The standard InChI is InChI=1S/C9H21N3OS/c1-7(13)3-8(12-2)6-14-9(4-10)5-11/h8-9,12H,3-6,10-11H2,1-2H3. The van der Waals surface area contributed by atoms with Gasteiger partial charge in [-0.25, -0.2) is 0 Å². The average Bonchev–Trinajstić information content (AvgIpc) is 2.17. The fraction of sp³-hybridized carbons (Fsp3) is 0.889. The first-order valence-corrected chi connectivity index (χ1v) is 5.87. The molecule has 0 saturated heterocycles. The average molecular weight is 219 g/mol. The highest BCUT2D eigenvalue weighted by molar-refractivity contribution is 8.00. The highest BCUT2D eigenvalue weighted by Gasteiger charge is 2.12. The van der Waals surface area contributed by atoms with Gasteiger partial charge in [0, 0.05) is 36.6 Å². The van der Waals surface area contributed by atoms with Gasteiger partial charge in [-0.1, -0.05) is 0 Å². The SMILES string of the molecule is CNC(CSC(CN)CN)CC(C)=O. The number of carbonyl (C=O) groups excluding carboxylic acids is 1. The molecule has 0 aliphatic carbocycles. The first-order chi connectivity index (χ1) is 6.63. The van der Waals surface area contributed by atoms with Gasteiger partial charge in [-0.15, -0.1) is 0 Å². The number of nitrogens with two attached hydrogens (primary N) is 2. The van der Waals surface area contributed by atoms with Crippen molar-refractivity contribution < 1.29 is 4.79 Å². The van der Waals surface area contributed by atoms with Crippen molar-refractivity contribution in [1.82, 2.24) is 5.32 Å². The molecule has 0 aromatic carbocycles. The molecule has 0 spiro atoms. The summed E-state index contributed by atoms with van der Waals surface area (Å²) >= 11 is 1.73. The number of carbonyl (C=O) groups is 1. The van der Waals surface area contributed by atoms with Gasteiger partial charge >= 0.3 is 0 Å². The van der Waals surface area contributed by atoms with Crippen molar-refractivity contribution in [3.63, 3.8) is 0 Å². The molecule has 1 atom stereocenters. The summed E-state index contributed by atoms with van der Waals surface area (Å²) in [4.78, 5) is 10.9. The van der Waals surface area contributed by atoms with Gasteiger partial charge in [0.2, 0.25) is 0 Å². The molecule has 0 fully saturated rings. The number of Topliss-reactive ketones (excluding diaryl/α,β-unsaturated/α-hetero) is 1. The lowest BCUT2D eigenvalue weighted by molar-refractivity contribution is -0.117. The van der Waals surface area contributed by atoms with E-state index in [0.717, 1.165) is 5.75 Å². The predicted octanol–water partition coefficient (Wildman–Crippen LogP) is -0.427. The molecule has 0 aromatic heterocycles. The second kappa shape index (κ2) is 8.23. The van der Waals surface area contributed by atoms with Crippen molar-refractivity contribution in [2.45, 2.75) is 24.6 Å². The van der Waals surface area contributed by atoms with Gasteiger partial charge in [0.1, 0.15) is 5.78 Å². The van der Waals surface area contributed by atoms with Crippen molar-refractivity contribution in [3.05, 3.63) is 0 Å². The zero-order valence-corrected chi connectivity index (χ0v) is 9.77. The van der Waals surface area contributed by atoms with E-state index < -0.39 is 0 Å². The summed E-state index contributed by atoms with van der Waals surface area (Å²) in [5.41, 5.74) is 11.0. The van der Waals surface area contributed by atoms with Crippen LogP contribution in [-0.4, -0.2) is 43.0 Å². The lowest BCUT2D eigenvalue weighted by atomic mass is 10.2. The molecule has 0 bridgehead atoms. The number of rotatable bonds is 8. The van der Waals surface area contributed by atoms with Gasteiger partial charge in [0.15, 0.2) is 0 Å². The van der Waals surface area contributed by atoms with Crippen LogP contribution >= 0.6 is 11.8 Å². The molecular weight excluding hydrogens is 198 g/mol. The maximum atomic E-state index is 10.9. The summed E-state index contributed by atoms with van der Waals surface area (Å²) in [6.45, 7) is 2.80. The maximum Gasteiger partial charge on any atom is 0.131 e. The van der Waals surface area contributed by atoms with E-state index in [4.69, 9.17) is 11.5 Å². The van der Waals surface area contributed by atoms with E-state index in [2.05, 4.69) is 5.32 Å². The summed E-state index contributed by atoms with van der Waals surface area (Å²) in [5, 5.41) is 3.42. The highest BCUT2D eigenvalue weighted by Crippen LogP contribution is 2.11. The van der Waals surface area contributed by atoms with Crippen LogP contribution in [-0.2, 0) is 4.79 Å². The van der Waals surface area contributed by atoms with Crippen LogP contribution in [0.5, 0.6) is 0 Å². The lowest BCUT2D eigenvalue weighted by Gasteiger charge is -2.17. The van der Waals surface area contributed by atoms with Gasteiger partial charge in [-0.3, -0.25) is 4.79 Å². The van der Waals surface area contributed by atoms with Gasteiger partial charge in [-0.05, 0) is 14.0 Å². The second-order valence-corrected chi connectivity index (χ2v) is 4.65. The minimum Gasteiger partial charge on any atom is -0.329 e. The number of thioether (sulfide) groups is 1. The number of nitrogens with one attached hydrogen (secondary N) is 1. The third kappa shape index (κ3) is 6.37. The topological polar surface area (TPSA) is 81.1 Å². The quantitative estimate of drug-likeness (QED) is 0.516. The number of hydrogen-bond donors (Lipinski definition) is 3. The molecule has 0 aliphatic heterocycles. The molecule has 0 aliphatic rings. The number of ketones is 1. The van der Waals surface area contributed by atoms with Crippen LogP contribution in [0, 0.1) is 0 Å². The third-order valence-electron chi connectivity index (χ3n) is 2.00. The van der Waals surface area contributed by atoms with E-state index in [1.165, 1.54) is 0 Å². The van der Waals surface area contributed by atoms with Crippen LogP contribution in [0.4, 0.5) is 0 Å². The van der Waals surface area contributed by atoms with E-state index in [9.17, 15) is 4.79 Å². The fourth-order valence-corrected chi connectivity index (χ4v) is 2.14. The van der Waals surface area contributed by atoms with E-state index in [1.807, 2.05) is 7.05 Å². The third-order valence-corrected chi connectivity index (χ3v) is 3.45. The van der Waals surface area contributed by atoms with Crippen LogP contribution < -0.4 is 16.8 Å². The summed E-state index contributed by atoms with van der Waals surface area (Å²) in [6, 6.07) is 0.234. The van der Waals surface area contributed by atoms with E-state index in [1.54, 1.807) is 18.7 Å². The predicted molar refractivity (Wildman–Crippen MR) is 62.5 cm³/mol. The van der Waals surface area contributed by atoms with Crippen molar-refractivity contribution >= 4 is 17.5 Å². The van der Waals surface area contributed by atoms with E-state index >= 15 is 0 Å². The van der Waals surface area contributed by atoms with Crippen LogP contribution in [0.1, 0.15) is 13.3 Å². The number of hydrogen-bond acceptors (Lipinski definition) is 5. The molecule has 14 heavy (non-hydrogen) atoms. The largest absolute Gasteiger partial charge is 0.329 e. The molecule has 0 radical (unpaired) electrons. The maximum absolute atomic E-state index is 10.9. The molecule has 84 valence electrons. The summed E-state index contributed by atoms with van der Waals surface area (Å²) < 4.78 is 0. The van der Waals surface area contributed by atoms with Gasteiger partial charge in [0.25, 0.3) is 0 Å². The van der Waals surface area contributed by atoms with Crippen LogP contribution in [0.3, 0.4) is 0 Å². The molecule has 1 unspecified atom stereocenters. The smallest absolute Gasteiger partial charge is 0.131 e. The van der Waals surface area contributed by atoms with Gasteiger partial charge in [-0.2, -0.15) is 11.8 Å². The molecular formula is C9H21N3OS. The normalized spacial score (nSPS) is 13.2. The molecule has 0 saturated carbocycles. The minimum atomic E-state index is 0.210. The Hall–Kier alpha value is -0.100. The van der Waals surface area contributed by atoms with Gasteiger partial charge in [0.05, 0.1) is 0 Å².